The van der Waals surface area contributed by atoms with Crippen molar-refractivity contribution < 1.29 is 14.3 Å². The molecule has 0 unspecified atom stereocenters. The number of carbonyl (C=O) groups excluding carboxylic acids is 1. The van der Waals surface area contributed by atoms with Gasteiger partial charge in [0, 0.05) is 24.8 Å². The van der Waals surface area contributed by atoms with Crippen molar-refractivity contribution in [2.24, 2.45) is 5.10 Å². The Morgan fingerprint density at radius 2 is 2.06 bits per heavy atom. The fourth-order valence-corrected chi connectivity index (χ4v) is 3.52. The number of aromatic nitrogens is 1. The molecule has 1 aromatic heterocycles. The van der Waals surface area contributed by atoms with Gasteiger partial charge in [-0.15, -0.1) is 0 Å². The van der Waals surface area contributed by atoms with Crippen LogP contribution in [0.25, 0.3) is 0 Å². The van der Waals surface area contributed by atoms with Crippen molar-refractivity contribution >= 4 is 23.7 Å². The molecule has 0 radical (unpaired) electrons. The number of nitrogens with zero attached hydrogens (tertiary/aromatic N) is 4. The van der Waals surface area contributed by atoms with Crippen LogP contribution in [-0.2, 0) is 4.74 Å². The van der Waals surface area contributed by atoms with E-state index in [1.807, 2.05) is 43.3 Å². The summed E-state index contributed by atoms with van der Waals surface area (Å²) in [7, 11) is 0. The molecule has 8 heteroatoms. The summed E-state index contributed by atoms with van der Waals surface area (Å²) in [6.45, 7) is 10.1. The Morgan fingerprint density at radius 3 is 2.75 bits per heavy atom. The smallest absolute Gasteiger partial charge is 0.410 e. The highest BCUT2D eigenvalue weighted by molar-refractivity contribution is 5.80. The molecule has 0 spiro atoms. The van der Waals surface area contributed by atoms with Gasteiger partial charge in [0.2, 0.25) is 5.88 Å². The van der Waals surface area contributed by atoms with Crippen molar-refractivity contribution in [1.82, 2.24) is 9.88 Å². The fourth-order valence-electron chi connectivity index (χ4n) is 3.52. The zero-order valence-corrected chi connectivity index (χ0v) is 19.2. The molecule has 172 valence electrons. The first-order chi connectivity index (χ1) is 15.6. The zero-order valence-electron chi connectivity index (χ0n) is 19.2. The van der Waals surface area contributed by atoms with Gasteiger partial charge in [0.15, 0.2) is 0 Å². The fraction of sp³-hybridized carbons (Fsp3) is 0.458. The van der Waals surface area contributed by atoms with Crippen LogP contribution in [0, 0.1) is 6.92 Å². The number of hydrazone groups is 1. The summed E-state index contributed by atoms with van der Waals surface area (Å²) in [5.74, 6) is 0.518. The lowest BCUT2D eigenvalue weighted by atomic mass is 10.2. The molecule has 1 saturated heterocycles. The first kappa shape index (κ1) is 23.4. The van der Waals surface area contributed by atoms with E-state index in [4.69, 9.17) is 9.47 Å². The molecule has 2 aromatic rings. The van der Waals surface area contributed by atoms with Crippen LogP contribution >= 0.6 is 0 Å². The van der Waals surface area contributed by atoms with Crippen molar-refractivity contribution in [1.29, 1.82) is 0 Å². The minimum atomic E-state index is -0.289. The highest BCUT2D eigenvalue weighted by Gasteiger charge is 2.21. The Labute approximate surface area is 190 Å². The quantitative estimate of drug-likeness (QED) is 0.393. The second-order valence-corrected chi connectivity index (χ2v) is 7.76. The van der Waals surface area contributed by atoms with Crippen molar-refractivity contribution in [2.75, 3.05) is 49.7 Å². The molecule has 1 N–H and O–H groups in total. The van der Waals surface area contributed by atoms with Crippen LogP contribution in [0.5, 0.6) is 5.88 Å². The van der Waals surface area contributed by atoms with Crippen molar-refractivity contribution in [2.45, 2.75) is 33.6 Å². The lowest BCUT2D eigenvalue weighted by molar-refractivity contribution is 0.152. The highest BCUT2D eigenvalue weighted by Crippen LogP contribution is 2.22. The van der Waals surface area contributed by atoms with E-state index in [1.54, 1.807) is 11.1 Å². The summed E-state index contributed by atoms with van der Waals surface area (Å²) in [6, 6.07) is 12.0. The first-order valence-electron chi connectivity index (χ1n) is 11.3. The Bertz CT molecular complexity index is 912. The molecule has 0 bridgehead atoms. The second-order valence-electron chi connectivity index (χ2n) is 7.76. The minimum absolute atomic E-state index is 0.289. The summed E-state index contributed by atoms with van der Waals surface area (Å²) >= 11 is 0. The Morgan fingerprint density at radius 1 is 1.25 bits per heavy atom. The number of cyclic esters (lactones) is 1. The third-order valence-electron chi connectivity index (χ3n) is 5.02. The van der Waals surface area contributed by atoms with E-state index in [2.05, 4.69) is 34.3 Å². The summed E-state index contributed by atoms with van der Waals surface area (Å²) in [5, 5.41) is 4.36. The van der Waals surface area contributed by atoms with Gasteiger partial charge >= 0.3 is 6.09 Å². The molecule has 0 atom stereocenters. The number of hydrogen-bond donors (Lipinski definition) is 1. The monoisotopic (exact) mass is 439 g/mol. The van der Waals surface area contributed by atoms with E-state index in [9.17, 15) is 4.79 Å². The van der Waals surface area contributed by atoms with Gasteiger partial charge in [0.1, 0.15) is 13.2 Å². The number of amides is 1. The van der Waals surface area contributed by atoms with Crippen molar-refractivity contribution in [3.8, 4) is 5.88 Å². The number of ether oxygens (including phenoxy) is 2. The Hall–Kier alpha value is -3.29. The van der Waals surface area contributed by atoms with Crippen LogP contribution in [0.4, 0.5) is 16.2 Å². The average molecular weight is 440 g/mol. The SMILES string of the molecule is CCCN(CCC)c1cc(/C=N/Nc2cccc(C)c2)nc(OCCN2CCOC2=O)c1. The summed E-state index contributed by atoms with van der Waals surface area (Å²) in [4.78, 5) is 20.2. The van der Waals surface area contributed by atoms with Gasteiger partial charge in [-0.25, -0.2) is 9.78 Å². The molecule has 1 amide bonds. The second kappa shape index (κ2) is 11.9. The molecular formula is C24H33N5O3. The molecule has 0 saturated carbocycles. The predicted octanol–water partition coefficient (Wildman–Crippen LogP) is 4.29. The highest BCUT2D eigenvalue weighted by atomic mass is 16.6. The van der Waals surface area contributed by atoms with E-state index in [0.717, 1.165) is 42.9 Å². The van der Waals surface area contributed by atoms with Crippen LogP contribution < -0.4 is 15.1 Å². The van der Waals surface area contributed by atoms with E-state index in [-0.39, 0.29) is 6.09 Å². The average Bonchev–Trinajstić information content (AvgIpc) is 3.18. The molecule has 32 heavy (non-hydrogen) atoms. The van der Waals surface area contributed by atoms with Gasteiger partial charge in [-0.1, -0.05) is 26.0 Å². The van der Waals surface area contributed by atoms with Gasteiger partial charge in [-0.05, 0) is 43.5 Å². The predicted molar refractivity (Wildman–Crippen MR) is 128 cm³/mol. The molecule has 1 aliphatic heterocycles. The maximum Gasteiger partial charge on any atom is 0.410 e. The normalized spacial score (nSPS) is 13.5. The van der Waals surface area contributed by atoms with E-state index in [1.165, 1.54) is 0 Å². The lowest BCUT2D eigenvalue weighted by Crippen LogP contribution is -2.29. The first-order valence-corrected chi connectivity index (χ1v) is 11.3. The van der Waals surface area contributed by atoms with Gasteiger partial charge in [-0.2, -0.15) is 5.10 Å². The van der Waals surface area contributed by atoms with Crippen LogP contribution in [0.2, 0.25) is 0 Å². The summed E-state index contributed by atoms with van der Waals surface area (Å²) in [6.07, 6.45) is 3.51. The number of anilines is 2. The molecule has 1 fully saturated rings. The van der Waals surface area contributed by atoms with Crippen LogP contribution in [0.1, 0.15) is 37.9 Å². The van der Waals surface area contributed by atoms with Crippen molar-refractivity contribution in [3.05, 3.63) is 47.7 Å². The van der Waals surface area contributed by atoms with Gasteiger partial charge in [0.05, 0.1) is 30.7 Å². The third kappa shape index (κ3) is 6.87. The molecule has 1 aliphatic rings. The largest absolute Gasteiger partial charge is 0.476 e. The number of carbonyl (C=O) groups is 1. The van der Waals surface area contributed by atoms with E-state index in [0.29, 0.717) is 37.9 Å². The topological polar surface area (TPSA) is 79.3 Å². The third-order valence-corrected chi connectivity index (χ3v) is 5.02. The van der Waals surface area contributed by atoms with Crippen LogP contribution in [-0.4, -0.2) is 61.6 Å². The maximum absolute atomic E-state index is 11.6. The minimum Gasteiger partial charge on any atom is -0.476 e. The van der Waals surface area contributed by atoms with E-state index >= 15 is 0 Å². The zero-order chi connectivity index (χ0) is 22.8. The number of hydrogen-bond acceptors (Lipinski definition) is 7. The van der Waals surface area contributed by atoms with Crippen LogP contribution in [0.15, 0.2) is 41.5 Å². The summed E-state index contributed by atoms with van der Waals surface area (Å²) < 4.78 is 10.9. The number of aryl methyl sites for hydroxylation is 1. The number of pyridine rings is 1. The molecule has 3 rings (SSSR count). The molecule has 0 aliphatic carbocycles. The molecule has 8 nitrogen and oxygen atoms in total. The Balaban J connectivity index is 1.74. The number of nitrogens with one attached hydrogen (secondary N) is 1. The number of rotatable bonds is 12. The van der Waals surface area contributed by atoms with Gasteiger partial charge in [0.25, 0.3) is 0 Å². The lowest BCUT2D eigenvalue weighted by Gasteiger charge is -2.24. The molecular weight excluding hydrogens is 406 g/mol. The van der Waals surface area contributed by atoms with Crippen LogP contribution in [0.3, 0.4) is 0 Å². The van der Waals surface area contributed by atoms with Gasteiger partial charge < -0.3 is 19.3 Å². The summed E-state index contributed by atoms with van der Waals surface area (Å²) in [5.41, 5.74) is 6.90. The Kier molecular flexibility index (Phi) is 8.71. The van der Waals surface area contributed by atoms with Gasteiger partial charge in [-0.3, -0.25) is 5.43 Å². The molecule has 2 heterocycles. The number of benzene rings is 1. The standard InChI is InChI=1S/C24H33N5O3/c1-4-9-28(10-5-2)22-16-21(18-25-27-20-8-6-7-19(3)15-20)26-23(17-22)31-13-11-29-12-14-32-24(29)30/h6-8,15-18,27H,4-5,9-14H2,1-3H3/b25-18+. The van der Waals surface area contributed by atoms with E-state index < -0.39 is 0 Å². The maximum atomic E-state index is 11.6. The van der Waals surface area contributed by atoms with Crippen molar-refractivity contribution in [3.63, 3.8) is 0 Å². The molecule has 1 aromatic carbocycles.